The van der Waals surface area contributed by atoms with Crippen molar-refractivity contribution in [1.82, 2.24) is 0 Å². The monoisotopic (exact) mass is 258 g/mol. The molecule has 0 heterocycles. The summed E-state index contributed by atoms with van der Waals surface area (Å²) in [6.07, 6.45) is -2.63. The van der Waals surface area contributed by atoms with Crippen LogP contribution in [-0.2, 0) is 9.53 Å². The third-order valence-electron chi connectivity index (χ3n) is 2.60. The van der Waals surface area contributed by atoms with Gasteiger partial charge in [0.15, 0.2) is 0 Å². The second-order valence-corrected chi connectivity index (χ2v) is 4.15. The van der Waals surface area contributed by atoms with Crippen LogP contribution in [0.1, 0.15) is 23.7 Å². The van der Waals surface area contributed by atoms with Crippen LogP contribution in [0, 0.1) is 6.92 Å². The number of hydrogen-bond donors (Lipinski definition) is 2. The van der Waals surface area contributed by atoms with E-state index in [2.05, 4.69) is 4.74 Å². The van der Waals surface area contributed by atoms with Crippen molar-refractivity contribution in [1.29, 1.82) is 0 Å². The Morgan fingerprint density at radius 3 is 2.71 bits per heavy atom. The average Bonchev–Trinajstić information content (AvgIpc) is 2.31. The number of ether oxygens (including phenoxy) is 1. The highest BCUT2D eigenvalue weighted by molar-refractivity contribution is 6.31. The van der Waals surface area contributed by atoms with Gasteiger partial charge in [-0.1, -0.05) is 23.7 Å². The van der Waals surface area contributed by atoms with E-state index in [1.165, 1.54) is 7.11 Å². The van der Waals surface area contributed by atoms with E-state index in [0.29, 0.717) is 16.1 Å². The number of methoxy groups -OCH3 is 1. The minimum absolute atomic E-state index is 0.260. The molecule has 2 atom stereocenters. The van der Waals surface area contributed by atoms with E-state index >= 15 is 0 Å². The third-order valence-corrected chi connectivity index (χ3v) is 3.01. The van der Waals surface area contributed by atoms with Crippen molar-refractivity contribution in [3.8, 4) is 0 Å². The van der Waals surface area contributed by atoms with Crippen molar-refractivity contribution in [2.45, 2.75) is 25.6 Å². The first-order chi connectivity index (χ1) is 7.97. The highest BCUT2D eigenvalue weighted by atomic mass is 35.5. The number of esters is 1. The van der Waals surface area contributed by atoms with Gasteiger partial charge in [0.2, 0.25) is 0 Å². The van der Waals surface area contributed by atoms with Crippen molar-refractivity contribution >= 4 is 17.6 Å². The molecular weight excluding hydrogens is 244 g/mol. The summed E-state index contributed by atoms with van der Waals surface area (Å²) in [6, 6.07) is 5.03. The molecule has 2 unspecified atom stereocenters. The van der Waals surface area contributed by atoms with Gasteiger partial charge in [0.05, 0.1) is 19.6 Å². The lowest BCUT2D eigenvalue weighted by atomic mass is 9.98. The number of benzene rings is 1. The van der Waals surface area contributed by atoms with Crippen LogP contribution in [0.3, 0.4) is 0 Å². The number of hydrogen-bond acceptors (Lipinski definition) is 4. The Kier molecular flexibility index (Phi) is 4.93. The SMILES string of the molecule is COC(=O)CC(O)C(O)c1cccc(Cl)c1C. The molecule has 2 N–H and O–H groups in total. The molecule has 0 spiro atoms. The predicted octanol–water partition coefficient (Wildman–Crippen LogP) is 1.61. The number of rotatable bonds is 4. The summed E-state index contributed by atoms with van der Waals surface area (Å²) >= 11 is 5.91. The van der Waals surface area contributed by atoms with Gasteiger partial charge in [0, 0.05) is 5.02 Å². The molecule has 0 fully saturated rings. The quantitative estimate of drug-likeness (QED) is 0.805. The van der Waals surface area contributed by atoms with Gasteiger partial charge in [-0.05, 0) is 24.1 Å². The Morgan fingerprint density at radius 1 is 1.47 bits per heavy atom. The maximum absolute atomic E-state index is 11.0. The molecule has 0 saturated heterocycles. The zero-order valence-electron chi connectivity index (χ0n) is 9.68. The normalized spacial score (nSPS) is 14.2. The fraction of sp³-hybridized carbons (Fsp3) is 0.417. The first-order valence-corrected chi connectivity index (χ1v) is 5.53. The highest BCUT2D eigenvalue weighted by Crippen LogP contribution is 2.27. The van der Waals surface area contributed by atoms with Crippen LogP contribution >= 0.6 is 11.6 Å². The number of halogens is 1. The molecule has 4 nitrogen and oxygen atoms in total. The van der Waals surface area contributed by atoms with Gasteiger partial charge >= 0.3 is 5.97 Å². The molecule has 17 heavy (non-hydrogen) atoms. The summed E-state index contributed by atoms with van der Waals surface area (Å²) in [7, 11) is 1.23. The van der Waals surface area contributed by atoms with E-state index in [1.807, 2.05) is 0 Å². The molecule has 1 aromatic carbocycles. The molecule has 0 saturated carbocycles. The van der Waals surface area contributed by atoms with Gasteiger partial charge in [0.1, 0.15) is 6.10 Å². The van der Waals surface area contributed by atoms with Crippen molar-refractivity contribution < 1.29 is 19.7 Å². The molecule has 94 valence electrons. The maximum Gasteiger partial charge on any atom is 0.308 e. The number of carbonyl (C=O) groups excluding carboxylic acids is 1. The molecule has 0 aliphatic rings. The van der Waals surface area contributed by atoms with Gasteiger partial charge in [-0.2, -0.15) is 0 Å². The van der Waals surface area contributed by atoms with Crippen molar-refractivity contribution in [3.05, 3.63) is 34.3 Å². The molecule has 0 bridgehead atoms. The molecule has 1 aromatic rings. The number of carbonyl (C=O) groups is 1. The summed E-state index contributed by atoms with van der Waals surface area (Å²) < 4.78 is 4.42. The minimum atomic E-state index is -1.21. The van der Waals surface area contributed by atoms with Gasteiger partial charge in [-0.25, -0.2) is 0 Å². The molecular formula is C12H15ClO4. The van der Waals surface area contributed by atoms with E-state index in [1.54, 1.807) is 25.1 Å². The van der Waals surface area contributed by atoms with Crippen LogP contribution in [0.2, 0.25) is 5.02 Å². The third kappa shape index (κ3) is 3.43. The highest BCUT2D eigenvalue weighted by Gasteiger charge is 2.23. The summed E-state index contributed by atoms with van der Waals surface area (Å²) in [4.78, 5) is 11.0. The maximum atomic E-state index is 11.0. The molecule has 5 heteroatoms. The average molecular weight is 259 g/mol. The Morgan fingerprint density at radius 2 is 2.12 bits per heavy atom. The fourth-order valence-electron chi connectivity index (χ4n) is 1.52. The second kappa shape index (κ2) is 6.00. The summed E-state index contributed by atoms with van der Waals surface area (Å²) in [5.74, 6) is -0.573. The minimum Gasteiger partial charge on any atom is -0.469 e. The summed E-state index contributed by atoms with van der Waals surface area (Å²) in [6.45, 7) is 1.74. The zero-order valence-corrected chi connectivity index (χ0v) is 10.4. The Hall–Kier alpha value is -1.10. The Balaban J connectivity index is 2.85. The van der Waals surface area contributed by atoms with E-state index in [0.717, 1.165) is 0 Å². The largest absolute Gasteiger partial charge is 0.469 e. The summed E-state index contributed by atoms with van der Waals surface area (Å²) in [5.41, 5.74) is 1.19. The number of aliphatic hydroxyl groups excluding tert-OH is 2. The zero-order chi connectivity index (χ0) is 13.0. The van der Waals surface area contributed by atoms with E-state index in [4.69, 9.17) is 11.6 Å². The van der Waals surface area contributed by atoms with Gasteiger partial charge in [-0.3, -0.25) is 4.79 Å². The van der Waals surface area contributed by atoms with Crippen LogP contribution in [0.25, 0.3) is 0 Å². The Labute approximate surface area is 105 Å². The Bertz CT molecular complexity index is 405. The molecule has 0 amide bonds. The molecule has 0 aliphatic carbocycles. The van der Waals surface area contributed by atoms with Gasteiger partial charge in [0.25, 0.3) is 0 Å². The van der Waals surface area contributed by atoms with E-state index < -0.39 is 18.2 Å². The first kappa shape index (κ1) is 14.0. The van der Waals surface area contributed by atoms with E-state index in [9.17, 15) is 15.0 Å². The molecule has 0 radical (unpaired) electrons. The molecule has 0 aliphatic heterocycles. The fourth-order valence-corrected chi connectivity index (χ4v) is 1.70. The first-order valence-electron chi connectivity index (χ1n) is 5.15. The van der Waals surface area contributed by atoms with Crippen molar-refractivity contribution in [3.63, 3.8) is 0 Å². The summed E-state index contributed by atoms with van der Waals surface area (Å²) in [5, 5.41) is 20.1. The standard InChI is InChI=1S/C12H15ClO4/c1-7-8(4-3-5-9(7)13)12(16)10(14)6-11(15)17-2/h3-5,10,12,14,16H,6H2,1-2H3. The van der Waals surface area contributed by atoms with Crippen LogP contribution in [-0.4, -0.2) is 29.4 Å². The van der Waals surface area contributed by atoms with Crippen molar-refractivity contribution in [2.75, 3.05) is 7.11 Å². The van der Waals surface area contributed by atoms with Crippen LogP contribution in [0.15, 0.2) is 18.2 Å². The molecule has 1 rings (SSSR count). The lowest BCUT2D eigenvalue weighted by Crippen LogP contribution is -2.23. The lowest BCUT2D eigenvalue weighted by Gasteiger charge is -2.19. The van der Waals surface area contributed by atoms with Crippen LogP contribution in [0.5, 0.6) is 0 Å². The smallest absolute Gasteiger partial charge is 0.308 e. The topological polar surface area (TPSA) is 66.8 Å². The predicted molar refractivity (Wildman–Crippen MR) is 63.8 cm³/mol. The van der Waals surface area contributed by atoms with Crippen LogP contribution in [0.4, 0.5) is 0 Å². The lowest BCUT2D eigenvalue weighted by molar-refractivity contribution is -0.144. The van der Waals surface area contributed by atoms with Gasteiger partial charge < -0.3 is 14.9 Å². The second-order valence-electron chi connectivity index (χ2n) is 3.75. The van der Waals surface area contributed by atoms with Crippen molar-refractivity contribution in [2.24, 2.45) is 0 Å². The van der Waals surface area contributed by atoms with Gasteiger partial charge in [-0.15, -0.1) is 0 Å². The van der Waals surface area contributed by atoms with E-state index in [-0.39, 0.29) is 6.42 Å². The van der Waals surface area contributed by atoms with Crippen LogP contribution < -0.4 is 0 Å². The number of aliphatic hydroxyl groups is 2. The molecule has 0 aromatic heterocycles.